The van der Waals surface area contributed by atoms with E-state index in [0.717, 1.165) is 29.9 Å². The SMILES string of the molecule is CCCCN(C)c1nc2sccn2c1CNC1CC1. The zero-order valence-electron chi connectivity index (χ0n) is 11.7. The van der Waals surface area contributed by atoms with Crippen LogP contribution in [0.1, 0.15) is 38.3 Å². The van der Waals surface area contributed by atoms with Crippen LogP contribution in [0.3, 0.4) is 0 Å². The summed E-state index contributed by atoms with van der Waals surface area (Å²) in [6.45, 7) is 4.24. The third-order valence-electron chi connectivity index (χ3n) is 3.68. The Morgan fingerprint density at radius 2 is 2.37 bits per heavy atom. The van der Waals surface area contributed by atoms with Crippen LogP contribution in [0.4, 0.5) is 5.82 Å². The van der Waals surface area contributed by atoms with Crippen molar-refractivity contribution in [3.63, 3.8) is 0 Å². The van der Waals surface area contributed by atoms with Gasteiger partial charge in [-0.1, -0.05) is 13.3 Å². The third-order valence-corrected chi connectivity index (χ3v) is 4.44. The van der Waals surface area contributed by atoms with Gasteiger partial charge < -0.3 is 10.2 Å². The van der Waals surface area contributed by atoms with Gasteiger partial charge in [-0.25, -0.2) is 4.98 Å². The number of nitrogens with one attached hydrogen (secondary N) is 1. The summed E-state index contributed by atoms with van der Waals surface area (Å²) in [5.74, 6) is 1.15. The van der Waals surface area contributed by atoms with Crippen LogP contribution in [0.15, 0.2) is 11.6 Å². The molecule has 0 bridgehead atoms. The number of unbranched alkanes of at least 4 members (excludes halogenated alkanes) is 1. The molecule has 3 rings (SSSR count). The van der Waals surface area contributed by atoms with Gasteiger partial charge in [0, 0.05) is 37.8 Å². The molecule has 2 aromatic rings. The van der Waals surface area contributed by atoms with Crippen molar-refractivity contribution < 1.29 is 0 Å². The van der Waals surface area contributed by atoms with Gasteiger partial charge >= 0.3 is 0 Å². The molecule has 0 spiro atoms. The van der Waals surface area contributed by atoms with Crippen molar-refractivity contribution in [1.29, 1.82) is 0 Å². The highest BCUT2D eigenvalue weighted by Crippen LogP contribution is 2.26. The fraction of sp³-hybridized carbons (Fsp3) is 0.643. The molecule has 2 heterocycles. The van der Waals surface area contributed by atoms with Crippen molar-refractivity contribution in [3.05, 3.63) is 17.3 Å². The number of hydrogen-bond donors (Lipinski definition) is 1. The van der Waals surface area contributed by atoms with Crippen LogP contribution in [-0.4, -0.2) is 29.0 Å². The maximum atomic E-state index is 4.79. The summed E-state index contributed by atoms with van der Waals surface area (Å²) in [6.07, 6.45) is 7.23. The van der Waals surface area contributed by atoms with E-state index in [2.05, 4.69) is 40.2 Å². The third kappa shape index (κ3) is 2.77. The first-order chi connectivity index (χ1) is 9.29. The number of aromatic nitrogens is 2. The van der Waals surface area contributed by atoms with E-state index in [9.17, 15) is 0 Å². The van der Waals surface area contributed by atoms with Crippen LogP contribution in [0.25, 0.3) is 4.96 Å². The first-order valence-electron chi connectivity index (χ1n) is 7.18. The van der Waals surface area contributed by atoms with Crippen LogP contribution >= 0.6 is 11.3 Å². The largest absolute Gasteiger partial charge is 0.358 e. The van der Waals surface area contributed by atoms with E-state index in [-0.39, 0.29) is 0 Å². The van der Waals surface area contributed by atoms with Crippen LogP contribution in [-0.2, 0) is 6.54 Å². The second-order valence-corrected chi connectivity index (χ2v) is 6.24. The number of imidazole rings is 1. The van der Waals surface area contributed by atoms with E-state index >= 15 is 0 Å². The quantitative estimate of drug-likeness (QED) is 0.845. The van der Waals surface area contributed by atoms with Gasteiger partial charge in [0.05, 0.1) is 5.69 Å². The highest BCUT2D eigenvalue weighted by atomic mass is 32.1. The molecule has 1 saturated carbocycles. The minimum Gasteiger partial charge on any atom is -0.358 e. The van der Waals surface area contributed by atoms with Crippen molar-refractivity contribution in [2.75, 3.05) is 18.5 Å². The molecule has 0 amide bonds. The molecular weight excluding hydrogens is 256 g/mol. The zero-order chi connectivity index (χ0) is 13.2. The second kappa shape index (κ2) is 5.51. The summed E-state index contributed by atoms with van der Waals surface area (Å²) < 4.78 is 2.23. The fourth-order valence-corrected chi connectivity index (χ4v) is 3.05. The van der Waals surface area contributed by atoms with E-state index in [1.807, 2.05) is 0 Å². The number of fused-ring (bicyclic) bond motifs is 1. The minimum atomic E-state index is 0.734. The average Bonchev–Trinajstić information content (AvgIpc) is 3.01. The molecule has 0 aromatic carbocycles. The molecule has 1 aliphatic carbocycles. The molecule has 0 saturated heterocycles. The number of hydrogen-bond acceptors (Lipinski definition) is 4. The number of thiazole rings is 1. The first kappa shape index (κ1) is 12.9. The maximum Gasteiger partial charge on any atom is 0.195 e. The molecule has 2 aromatic heterocycles. The molecule has 0 atom stereocenters. The predicted molar refractivity (Wildman–Crippen MR) is 81.1 cm³/mol. The summed E-state index contributed by atoms with van der Waals surface area (Å²) in [5.41, 5.74) is 1.31. The summed E-state index contributed by atoms with van der Waals surface area (Å²) >= 11 is 1.71. The van der Waals surface area contributed by atoms with Crippen molar-refractivity contribution in [1.82, 2.24) is 14.7 Å². The highest BCUT2D eigenvalue weighted by Gasteiger charge is 2.23. The maximum absolute atomic E-state index is 4.79. The van der Waals surface area contributed by atoms with Gasteiger partial charge in [-0.3, -0.25) is 4.40 Å². The van der Waals surface area contributed by atoms with Gasteiger partial charge in [0.2, 0.25) is 0 Å². The Morgan fingerprint density at radius 3 is 3.11 bits per heavy atom. The van der Waals surface area contributed by atoms with Crippen molar-refractivity contribution in [2.24, 2.45) is 0 Å². The lowest BCUT2D eigenvalue weighted by Gasteiger charge is -2.18. The summed E-state index contributed by atoms with van der Waals surface area (Å²) in [6, 6.07) is 0.734. The van der Waals surface area contributed by atoms with Gasteiger partial charge in [0.1, 0.15) is 0 Å². The molecule has 19 heavy (non-hydrogen) atoms. The average molecular weight is 278 g/mol. The Balaban J connectivity index is 1.83. The Kier molecular flexibility index (Phi) is 3.75. The molecule has 0 unspecified atom stereocenters. The zero-order valence-corrected chi connectivity index (χ0v) is 12.5. The van der Waals surface area contributed by atoms with Gasteiger partial charge in [0.15, 0.2) is 10.8 Å². The molecule has 1 aliphatic rings. The molecule has 4 nitrogen and oxygen atoms in total. The topological polar surface area (TPSA) is 32.6 Å². The fourth-order valence-electron chi connectivity index (χ4n) is 2.32. The highest BCUT2D eigenvalue weighted by molar-refractivity contribution is 7.15. The van der Waals surface area contributed by atoms with E-state index < -0.39 is 0 Å². The standard InChI is InChI=1S/C14H22N4S/c1-3-4-7-17(2)13-12(10-15-11-5-6-11)18-8-9-19-14(18)16-13/h8-9,11,15H,3-7,10H2,1-2H3. The van der Waals surface area contributed by atoms with Crippen molar-refractivity contribution in [2.45, 2.75) is 45.2 Å². The molecule has 0 aliphatic heterocycles. The lowest BCUT2D eigenvalue weighted by atomic mass is 10.3. The summed E-state index contributed by atoms with van der Waals surface area (Å²) in [4.78, 5) is 8.19. The van der Waals surface area contributed by atoms with E-state index in [4.69, 9.17) is 4.98 Å². The molecular formula is C14H22N4S. The van der Waals surface area contributed by atoms with Crippen molar-refractivity contribution in [3.8, 4) is 0 Å². The van der Waals surface area contributed by atoms with Crippen LogP contribution in [0.5, 0.6) is 0 Å². The molecule has 1 N–H and O–H groups in total. The van der Waals surface area contributed by atoms with Gasteiger partial charge in [-0.2, -0.15) is 0 Å². The van der Waals surface area contributed by atoms with Crippen LogP contribution < -0.4 is 10.2 Å². The Labute approximate surface area is 118 Å². The normalized spacial score (nSPS) is 15.3. The van der Waals surface area contributed by atoms with Crippen LogP contribution in [0, 0.1) is 0 Å². The Morgan fingerprint density at radius 1 is 1.53 bits per heavy atom. The van der Waals surface area contributed by atoms with Crippen molar-refractivity contribution >= 4 is 22.1 Å². The number of rotatable bonds is 7. The Bertz CT molecular complexity index is 541. The van der Waals surface area contributed by atoms with E-state index in [0.29, 0.717) is 0 Å². The first-order valence-corrected chi connectivity index (χ1v) is 8.06. The van der Waals surface area contributed by atoms with Gasteiger partial charge in [0.25, 0.3) is 0 Å². The number of nitrogens with zero attached hydrogens (tertiary/aromatic N) is 3. The smallest absolute Gasteiger partial charge is 0.195 e. The lowest BCUT2D eigenvalue weighted by Crippen LogP contribution is -2.23. The molecule has 104 valence electrons. The molecule has 5 heteroatoms. The van der Waals surface area contributed by atoms with E-state index in [1.54, 1.807) is 11.3 Å². The predicted octanol–water partition coefficient (Wildman–Crippen LogP) is 2.88. The molecule has 1 fully saturated rings. The summed E-state index contributed by atoms with van der Waals surface area (Å²) in [5, 5.41) is 5.72. The monoisotopic (exact) mass is 278 g/mol. The lowest BCUT2D eigenvalue weighted by molar-refractivity contribution is 0.666. The van der Waals surface area contributed by atoms with E-state index in [1.165, 1.54) is 31.4 Å². The Hall–Kier alpha value is -1.07. The van der Waals surface area contributed by atoms with Crippen LogP contribution in [0.2, 0.25) is 0 Å². The van der Waals surface area contributed by atoms with Gasteiger partial charge in [-0.05, 0) is 19.3 Å². The summed E-state index contributed by atoms with van der Waals surface area (Å²) in [7, 11) is 2.16. The molecule has 0 radical (unpaired) electrons. The van der Waals surface area contributed by atoms with Gasteiger partial charge in [-0.15, -0.1) is 11.3 Å². The second-order valence-electron chi connectivity index (χ2n) is 5.37. The number of anilines is 1. The minimum absolute atomic E-state index is 0.734.